The van der Waals surface area contributed by atoms with Crippen molar-refractivity contribution in [2.75, 3.05) is 4.90 Å². The van der Waals surface area contributed by atoms with E-state index in [9.17, 15) is 0 Å². The Morgan fingerprint density at radius 2 is 0.800 bits per heavy atom. The molecule has 0 saturated carbocycles. The van der Waals surface area contributed by atoms with Crippen LogP contribution in [-0.4, -0.2) is 9.61 Å². The van der Waals surface area contributed by atoms with E-state index in [1.807, 2.05) is 0 Å². The number of anilines is 3. The summed E-state index contributed by atoms with van der Waals surface area (Å²) in [5.41, 5.74) is 22.2. The Labute approximate surface area is 437 Å². The second-order valence-corrected chi connectivity index (χ2v) is 19.4. The summed E-state index contributed by atoms with van der Waals surface area (Å²) in [6.07, 6.45) is 0. The van der Waals surface area contributed by atoms with Crippen molar-refractivity contribution in [2.24, 2.45) is 0 Å². The summed E-state index contributed by atoms with van der Waals surface area (Å²) in [6.45, 7) is 0. The Bertz CT molecular complexity index is 4130. The molecular formula is C72H49N3. The zero-order valence-corrected chi connectivity index (χ0v) is 41.1. The topological polar surface area (TPSA) is 20.5 Å². The molecule has 0 spiro atoms. The molecule has 2 aromatic heterocycles. The fourth-order valence-electron chi connectivity index (χ4n) is 11.9. The maximum absolute atomic E-state index is 5.59. The third-order valence-electron chi connectivity index (χ3n) is 15.3. The Balaban J connectivity index is 1.04. The molecule has 3 nitrogen and oxygen atoms in total. The Morgan fingerprint density at radius 1 is 0.333 bits per heavy atom. The zero-order chi connectivity index (χ0) is 49.7. The fraction of sp³-hybridized carbons (Fsp3) is 0.0139. The second kappa shape index (κ2) is 18.3. The zero-order valence-electron chi connectivity index (χ0n) is 41.1. The number of aromatic nitrogens is 2. The third kappa shape index (κ3) is 7.31. The number of hydrogen-bond acceptors (Lipinski definition) is 2. The third-order valence-corrected chi connectivity index (χ3v) is 15.3. The average molecular weight is 956 g/mol. The van der Waals surface area contributed by atoms with Crippen LogP contribution in [0.5, 0.6) is 0 Å². The molecule has 1 aliphatic rings. The predicted molar refractivity (Wildman–Crippen MR) is 312 cm³/mol. The first-order chi connectivity index (χ1) is 37.2. The molecule has 0 amide bonds. The molecule has 3 heteroatoms. The largest absolute Gasteiger partial charge is 0.310 e. The number of pyridine rings is 1. The van der Waals surface area contributed by atoms with E-state index in [0.717, 1.165) is 72.6 Å². The highest BCUT2D eigenvalue weighted by Crippen LogP contribution is 2.59. The Morgan fingerprint density at radius 3 is 1.40 bits per heavy atom. The summed E-state index contributed by atoms with van der Waals surface area (Å²) in [6, 6.07) is 108. The summed E-state index contributed by atoms with van der Waals surface area (Å²) in [4.78, 5) is 2.49. The van der Waals surface area contributed by atoms with Crippen LogP contribution in [0.15, 0.2) is 297 Å². The minimum Gasteiger partial charge on any atom is -0.310 e. The van der Waals surface area contributed by atoms with E-state index in [1.54, 1.807) is 0 Å². The first-order valence-electron chi connectivity index (χ1n) is 25.8. The van der Waals surface area contributed by atoms with Crippen molar-refractivity contribution in [3.63, 3.8) is 0 Å². The van der Waals surface area contributed by atoms with Crippen molar-refractivity contribution in [3.05, 3.63) is 320 Å². The molecule has 0 aliphatic heterocycles. The van der Waals surface area contributed by atoms with Crippen molar-refractivity contribution < 1.29 is 0 Å². The van der Waals surface area contributed by atoms with Crippen LogP contribution in [-0.2, 0) is 5.41 Å². The van der Waals surface area contributed by atoms with E-state index in [4.69, 9.17) is 5.10 Å². The van der Waals surface area contributed by atoms with E-state index < -0.39 is 5.41 Å². The van der Waals surface area contributed by atoms with E-state index in [1.165, 1.54) is 50.1 Å². The standard InChI is InChI=1S/C72H49N3/c1-7-22-50(23-8-1)51-38-40-52(41-39-51)53-42-45-60(46-43-53)74(66-37-21-36-65-69(66)62-34-19-20-35-64(62)72(65,58-30-15-5-16-31-58)59-32-17-6-18-33-59)61-47-44-57-48-67(54-24-9-2-10-25-54)75-71(63(57)49-61)68(55-26-11-3-12-27-55)70(73-75)56-28-13-4-14-29-56/h1-49H. The van der Waals surface area contributed by atoms with Crippen LogP contribution < -0.4 is 4.90 Å². The van der Waals surface area contributed by atoms with Gasteiger partial charge >= 0.3 is 0 Å². The van der Waals surface area contributed by atoms with Gasteiger partial charge in [-0.15, -0.1) is 0 Å². The van der Waals surface area contributed by atoms with Crippen molar-refractivity contribution in [3.8, 4) is 67.0 Å². The van der Waals surface area contributed by atoms with Crippen LogP contribution in [0.2, 0.25) is 0 Å². The minimum absolute atomic E-state index is 0.564. The van der Waals surface area contributed by atoms with Crippen molar-refractivity contribution in [2.45, 2.75) is 5.41 Å². The van der Waals surface area contributed by atoms with Gasteiger partial charge in [0.2, 0.25) is 0 Å². The molecular weight excluding hydrogens is 907 g/mol. The molecule has 13 aromatic rings. The normalized spacial score (nSPS) is 12.4. The van der Waals surface area contributed by atoms with Crippen LogP contribution in [0.25, 0.3) is 83.3 Å². The molecule has 0 bridgehead atoms. The first-order valence-corrected chi connectivity index (χ1v) is 25.8. The van der Waals surface area contributed by atoms with Gasteiger partial charge in [0, 0.05) is 39.0 Å². The fourth-order valence-corrected chi connectivity index (χ4v) is 11.9. The number of nitrogens with zero attached hydrogens (tertiary/aromatic N) is 3. The SMILES string of the molecule is c1ccc(-c2ccc(-c3ccc(N(c4ccc5cc(-c6ccccc6)n6nc(-c7ccccc7)c(-c7ccccc7)c6c5c4)c4cccc5c4-c4ccccc4C5(c4ccccc4)c4ccccc4)cc3)cc2)cc1. The summed E-state index contributed by atoms with van der Waals surface area (Å²) in [5, 5.41) is 7.83. The minimum atomic E-state index is -0.564. The van der Waals surface area contributed by atoms with Gasteiger partial charge in [-0.1, -0.05) is 261 Å². The maximum Gasteiger partial charge on any atom is 0.101 e. The van der Waals surface area contributed by atoms with Gasteiger partial charge in [0.15, 0.2) is 0 Å². The Kier molecular flexibility index (Phi) is 10.7. The van der Waals surface area contributed by atoms with E-state index in [-0.39, 0.29) is 0 Å². The molecule has 0 N–H and O–H groups in total. The number of fused-ring (bicyclic) bond motifs is 6. The number of hydrogen-bond donors (Lipinski definition) is 0. The average Bonchev–Trinajstić information content (AvgIpc) is 4.10. The number of benzene rings is 11. The highest BCUT2D eigenvalue weighted by molar-refractivity contribution is 6.10. The first kappa shape index (κ1) is 43.9. The smallest absolute Gasteiger partial charge is 0.101 e. The second-order valence-electron chi connectivity index (χ2n) is 19.4. The van der Waals surface area contributed by atoms with Crippen molar-refractivity contribution in [1.29, 1.82) is 0 Å². The lowest BCUT2D eigenvalue weighted by atomic mass is 9.68. The van der Waals surface area contributed by atoms with Gasteiger partial charge < -0.3 is 4.90 Å². The lowest BCUT2D eigenvalue weighted by molar-refractivity contribution is 0.768. The van der Waals surface area contributed by atoms with Crippen molar-refractivity contribution >= 4 is 33.4 Å². The molecule has 75 heavy (non-hydrogen) atoms. The molecule has 0 fully saturated rings. The van der Waals surface area contributed by atoms with Crippen LogP contribution in [0.1, 0.15) is 22.3 Å². The molecule has 0 atom stereocenters. The highest BCUT2D eigenvalue weighted by atomic mass is 15.2. The molecule has 1 aliphatic carbocycles. The molecule has 0 saturated heterocycles. The molecule has 2 heterocycles. The summed E-state index contributed by atoms with van der Waals surface area (Å²) in [5.74, 6) is 0. The number of rotatable bonds is 10. The Hall–Kier alpha value is -9.83. The maximum atomic E-state index is 5.59. The van der Waals surface area contributed by atoms with Gasteiger partial charge in [0.05, 0.1) is 22.3 Å². The van der Waals surface area contributed by atoms with Gasteiger partial charge in [-0.25, -0.2) is 4.52 Å². The summed E-state index contributed by atoms with van der Waals surface area (Å²) < 4.78 is 2.19. The van der Waals surface area contributed by atoms with E-state index >= 15 is 0 Å². The summed E-state index contributed by atoms with van der Waals surface area (Å²) in [7, 11) is 0. The lowest BCUT2D eigenvalue weighted by Gasteiger charge is -2.34. The quantitative estimate of drug-likeness (QED) is 0.136. The van der Waals surface area contributed by atoms with Crippen molar-refractivity contribution in [1.82, 2.24) is 9.61 Å². The highest BCUT2D eigenvalue weighted by Gasteiger charge is 2.47. The molecule has 0 unspecified atom stereocenters. The molecule has 11 aromatic carbocycles. The van der Waals surface area contributed by atoms with E-state index in [0.29, 0.717) is 0 Å². The molecule has 352 valence electrons. The van der Waals surface area contributed by atoms with Crippen LogP contribution in [0, 0.1) is 0 Å². The van der Waals surface area contributed by atoms with Gasteiger partial charge in [-0.2, -0.15) is 5.10 Å². The van der Waals surface area contributed by atoms with Gasteiger partial charge in [-0.3, -0.25) is 0 Å². The predicted octanol–water partition coefficient (Wildman–Crippen LogP) is 18.7. The van der Waals surface area contributed by atoms with Gasteiger partial charge in [0.1, 0.15) is 5.69 Å². The van der Waals surface area contributed by atoms with Crippen LogP contribution in [0.3, 0.4) is 0 Å². The monoisotopic (exact) mass is 955 g/mol. The van der Waals surface area contributed by atoms with Crippen LogP contribution >= 0.6 is 0 Å². The van der Waals surface area contributed by atoms with Gasteiger partial charge in [0.25, 0.3) is 0 Å². The molecule has 14 rings (SSSR count). The lowest BCUT2D eigenvalue weighted by Crippen LogP contribution is -2.28. The van der Waals surface area contributed by atoms with E-state index in [2.05, 4.69) is 307 Å². The summed E-state index contributed by atoms with van der Waals surface area (Å²) >= 11 is 0. The van der Waals surface area contributed by atoms with Gasteiger partial charge in [-0.05, 0) is 97.4 Å². The molecule has 0 radical (unpaired) electrons. The van der Waals surface area contributed by atoms with Crippen LogP contribution in [0.4, 0.5) is 17.1 Å².